The van der Waals surface area contributed by atoms with Crippen LogP contribution in [0.1, 0.15) is 35.9 Å². The SMILES string of the molecule is Cc1nc(COc2ccc(C(=O)OCC(=O)OC(C)C)cc2)no1. The van der Waals surface area contributed by atoms with Crippen LogP contribution in [0.5, 0.6) is 5.75 Å². The highest BCUT2D eigenvalue weighted by atomic mass is 16.6. The lowest BCUT2D eigenvalue weighted by Crippen LogP contribution is -2.19. The molecule has 8 heteroatoms. The Morgan fingerprint density at radius 1 is 1.21 bits per heavy atom. The second-order valence-electron chi connectivity index (χ2n) is 5.16. The van der Waals surface area contributed by atoms with Gasteiger partial charge < -0.3 is 18.7 Å². The number of ether oxygens (including phenoxy) is 3. The van der Waals surface area contributed by atoms with Gasteiger partial charge in [-0.3, -0.25) is 0 Å². The van der Waals surface area contributed by atoms with E-state index in [4.69, 9.17) is 18.7 Å². The van der Waals surface area contributed by atoms with E-state index in [-0.39, 0.29) is 12.7 Å². The molecule has 1 aromatic heterocycles. The van der Waals surface area contributed by atoms with Crippen molar-refractivity contribution in [2.24, 2.45) is 0 Å². The minimum absolute atomic E-state index is 0.155. The van der Waals surface area contributed by atoms with E-state index in [2.05, 4.69) is 10.1 Å². The average Bonchev–Trinajstić information content (AvgIpc) is 2.96. The molecule has 0 amide bonds. The van der Waals surface area contributed by atoms with Gasteiger partial charge in [-0.25, -0.2) is 9.59 Å². The van der Waals surface area contributed by atoms with Crippen LogP contribution in [0, 0.1) is 6.92 Å². The molecular formula is C16H18N2O6. The smallest absolute Gasteiger partial charge is 0.344 e. The first-order valence-electron chi connectivity index (χ1n) is 7.32. The summed E-state index contributed by atoms with van der Waals surface area (Å²) in [5.41, 5.74) is 0.301. The maximum absolute atomic E-state index is 11.8. The largest absolute Gasteiger partial charge is 0.485 e. The molecular weight excluding hydrogens is 316 g/mol. The summed E-state index contributed by atoms with van der Waals surface area (Å²) in [7, 11) is 0. The van der Waals surface area contributed by atoms with Crippen LogP contribution >= 0.6 is 0 Å². The fourth-order valence-corrected chi connectivity index (χ4v) is 1.74. The van der Waals surface area contributed by atoms with Gasteiger partial charge in [0, 0.05) is 6.92 Å². The lowest BCUT2D eigenvalue weighted by Gasteiger charge is -2.09. The number of benzene rings is 1. The highest BCUT2D eigenvalue weighted by Crippen LogP contribution is 2.14. The third-order valence-corrected chi connectivity index (χ3v) is 2.72. The molecule has 0 aliphatic carbocycles. The molecule has 8 nitrogen and oxygen atoms in total. The zero-order valence-electron chi connectivity index (χ0n) is 13.6. The number of hydrogen-bond acceptors (Lipinski definition) is 8. The molecule has 0 saturated heterocycles. The Morgan fingerprint density at radius 3 is 2.50 bits per heavy atom. The van der Waals surface area contributed by atoms with Gasteiger partial charge >= 0.3 is 11.9 Å². The molecule has 0 spiro atoms. The average molecular weight is 334 g/mol. The van der Waals surface area contributed by atoms with Crippen molar-refractivity contribution in [3.63, 3.8) is 0 Å². The van der Waals surface area contributed by atoms with E-state index in [1.807, 2.05) is 0 Å². The molecule has 0 N–H and O–H groups in total. The van der Waals surface area contributed by atoms with Gasteiger partial charge in [-0.15, -0.1) is 0 Å². The Bertz CT molecular complexity index is 693. The first-order chi connectivity index (χ1) is 11.4. The molecule has 0 unspecified atom stereocenters. The van der Waals surface area contributed by atoms with Gasteiger partial charge in [0.25, 0.3) is 0 Å². The number of carbonyl (C=O) groups excluding carboxylic acids is 2. The molecule has 0 atom stereocenters. The summed E-state index contributed by atoms with van der Waals surface area (Å²) >= 11 is 0. The van der Waals surface area contributed by atoms with Crippen LogP contribution in [0.15, 0.2) is 28.8 Å². The predicted octanol–water partition coefficient (Wildman–Crippen LogP) is 2.07. The van der Waals surface area contributed by atoms with Crippen molar-refractivity contribution < 1.29 is 28.3 Å². The molecule has 24 heavy (non-hydrogen) atoms. The number of rotatable bonds is 7. The Morgan fingerprint density at radius 2 is 1.92 bits per heavy atom. The molecule has 1 aromatic carbocycles. The minimum Gasteiger partial charge on any atom is -0.485 e. The highest BCUT2D eigenvalue weighted by molar-refractivity contribution is 5.90. The zero-order valence-corrected chi connectivity index (χ0v) is 13.6. The summed E-state index contributed by atoms with van der Waals surface area (Å²) in [5.74, 6) is 0.223. The summed E-state index contributed by atoms with van der Waals surface area (Å²) in [5, 5.41) is 3.71. The van der Waals surface area contributed by atoms with Crippen molar-refractivity contribution in [2.75, 3.05) is 6.61 Å². The van der Waals surface area contributed by atoms with E-state index in [1.54, 1.807) is 32.9 Å². The van der Waals surface area contributed by atoms with Crippen LogP contribution in [-0.4, -0.2) is 34.8 Å². The van der Waals surface area contributed by atoms with Gasteiger partial charge in [0.05, 0.1) is 11.7 Å². The second kappa shape index (κ2) is 8.09. The maximum Gasteiger partial charge on any atom is 0.344 e. The summed E-state index contributed by atoms with van der Waals surface area (Å²) in [6, 6.07) is 6.28. The first kappa shape index (κ1) is 17.5. The minimum atomic E-state index is -0.615. The molecule has 2 rings (SSSR count). The van der Waals surface area contributed by atoms with Gasteiger partial charge in [-0.05, 0) is 38.1 Å². The van der Waals surface area contributed by atoms with Gasteiger partial charge in [0.2, 0.25) is 11.7 Å². The summed E-state index contributed by atoms with van der Waals surface area (Å²) in [6.45, 7) is 4.85. The number of carbonyl (C=O) groups is 2. The topological polar surface area (TPSA) is 101 Å². The molecule has 0 aliphatic heterocycles. The quantitative estimate of drug-likeness (QED) is 0.709. The van der Waals surface area contributed by atoms with Crippen LogP contribution in [0.2, 0.25) is 0 Å². The summed E-state index contributed by atoms with van der Waals surface area (Å²) < 4.78 is 20.1. The van der Waals surface area contributed by atoms with Crippen molar-refractivity contribution in [2.45, 2.75) is 33.5 Å². The second-order valence-corrected chi connectivity index (χ2v) is 5.16. The van der Waals surface area contributed by atoms with Crippen LogP contribution in [0.3, 0.4) is 0 Å². The molecule has 0 saturated carbocycles. The normalized spacial score (nSPS) is 10.5. The van der Waals surface area contributed by atoms with Gasteiger partial charge in [0.1, 0.15) is 5.75 Å². The molecule has 128 valence electrons. The van der Waals surface area contributed by atoms with Gasteiger partial charge in [-0.1, -0.05) is 5.16 Å². The van der Waals surface area contributed by atoms with Crippen LogP contribution in [0.25, 0.3) is 0 Å². The van der Waals surface area contributed by atoms with E-state index >= 15 is 0 Å². The van der Waals surface area contributed by atoms with Gasteiger partial charge in [-0.2, -0.15) is 4.98 Å². The molecule has 0 fully saturated rings. The number of nitrogens with zero attached hydrogens (tertiary/aromatic N) is 2. The van der Waals surface area contributed by atoms with E-state index in [0.29, 0.717) is 23.0 Å². The Labute approximate surface area is 138 Å². The zero-order chi connectivity index (χ0) is 17.5. The third kappa shape index (κ3) is 5.38. The van der Waals surface area contributed by atoms with E-state index in [0.717, 1.165) is 0 Å². The monoisotopic (exact) mass is 334 g/mol. The molecule has 2 aromatic rings. The lowest BCUT2D eigenvalue weighted by molar-refractivity contribution is -0.150. The Balaban J connectivity index is 1.82. The molecule has 1 heterocycles. The predicted molar refractivity (Wildman–Crippen MR) is 81.3 cm³/mol. The number of esters is 2. The van der Waals surface area contributed by atoms with Crippen molar-refractivity contribution in [1.82, 2.24) is 10.1 Å². The fraction of sp³-hybridized carbons (Fsp3) is 0.375. The van der Waals surface area contributed by atoms with Crippen LogP contribution < -0.4 is 4.74 Å². The Hall–Kier alpha value is -2.90. The van der Waals surface area contributed by atoms with E-state index < -0.39 is 18.5 Å². The fourth-order valence-electron chi connectivity index (χ4n) is 1.74. The summed E-state index contributed by atoms with van der Waals surface area (Å²) in [4.78, 5) is 27.2. The van der Waals surface area contributed by atoms with E-state index in [1.165, 1.54) is 12.1 Å². The van der Waals surface area contributed by atoms with Crippen LogP contribution in [-0.2, 0) is 20.9 Å². The first-order valence-corrected chi connectivity index (χ1v) is 7.32. The van der Waals surface area contributed by atoms with Crippen molar-refractivity contribution in [3.8, 4) is 5.75 Å². The number of aromatic nitrogens is 2. The Kier molecular flexibility index (Phi) is 5.89. The highest BCUT2D eigenvalue weighted by Gasteiger charge is 2.12. The maximum atomic E-state index is 11.8. The number of hydrogen-bond donors (Lipinski definition) is 0. The van der Waals surface area contributed by atoms with Crippen molar-refractivity contribution >= 4 is 11.9 Å². The van der Waals surface area contributed by atoms with E-state index in [9.17, 15) is 9.59 Å². The number of aryl methyl sites for hydroxylation is 1. The van der Waals surface area contributed by atoms with Gasteiger partial charge in [0.15, 0.2) is 13.2 Å². The third-order valence-electron chi connectivity index (χ3n) is 2.72. The molecule has 0 bridgehead atoms. The van der Waals surface area contributed by atoms with Crippen molar-refractivity contribution in [3.05, 3.63) is 41.5 Å². The standard InChI is InChI=1S/C16H18N2O6/c1-10(2)23-15(19)9-22-16(20)12-4-6-13(7-5-12)21-8-14-17-11(3)24-18-14/h4-7,10H,8-9H2,1-3H3. The molecule has 0 radical (unpaired) electrons. The summed E-state index contributed by atoms with van der Waals surface area (Å²) in [6.07, 6.45) is -0.254. The lowest BCUT2D eigenvalue weighted by atomic mass is 10.2. The van der Waals surface area contributed by atoms with Crippen LogP contribution in [0.4, 0.5) is 0 Å². The molecule has 0 aliphatic rings. The van der Waals surface area contributed by atoms with Crippen molar-refractivity contribution in [1.29, 1.82) is 0 Å².